The van der Waals surface area contributed by atoms with Gasteiger partial charge in [-0.2, -0.15) is 12.0 Å². The average molecular weight is 663 g/mol. The van der Waals surface area contributed by atoms with E-state index in [0.29, 0.717) is 45.8 Å². The number of fused-ring (bicyclic) bond motifs is 1. The van der Waals surface area contributed by atoms with Gasteiger partial charge in [-0.05, 0) is 44.5 Å². The van der Waals surface area contributed by atoms with E-state index in [9.17, 15) is 0 Å². The van der Waals surface area contributed by atoms with Crippen LogP contribution >= 0.6 is 0 Å². The van der Waals surface area contributed by atoms with Crippen molar-refractivity contribution < 1.29 is 53.0 Å². The number of hydrogen-bond acceptors (Lipinski definition) is 6. The first-order chi connectivity index (χ1) is 15.6. The van der Waals surface area contributed by atoms with Crippen molar-refractivity contribution >= 4 is 5.57 Å². The summed E-state index contributed by atoms with van der Waals surface area (Å²) in [6, 6.07) is 7.81. The molecule has 3 rings (SSSR count). The van der Waals surface area contributed by atoms with Crippen molar-refractivity contribution in [2.45, 2.75) is 26.3 Å². The van der Waals surface area contributed by atoms with Gasteiger partial charge in [0.1, 0.15) is 19.6 Å². The SMILES string of the molecule is COc1ccc(C2=C[CH-]COc3c2cc(OC)c(OC)c3OC)cc1O[N+](C)(C)C(C)(C)C.[CH3-].[Os+2]. The first-order valence-corrected chi connectivity index (χ1v) is 10.8. The van der Waals surface area contributed by atoms with Crippen molar-refractivity contribution in [3.8, 4) is 34.5 Å². The third-order valence-electron chi connectivity index (χ3n) is 6.10. The summed E-state index contributed by atoms with van der Waals surface area (Å²) in [4.78, 5) is 6.44. The molecule has 2 aromatic carbocycles. The number of quaternary nitrogens is 1. The fourth-order valence-corrected chi connectivity index (χ4v) is 3.41. The van der Waals surface area contributed by atoms with Crippen LogP contribution in [0.4, 0.5) is 0 Å². The molecule has 0 bridgehead atoms. The summed E-state index contributed by atoms with van der Waals surface area (Å²) in [6.07, 6.45) is 4.00. The van der Waals surface area contributed by atoms with E-state index in [-0.39, 0.29) is 32.8 Å². The van der Waals surface area contributed by atoms with Crippen LogP contribution in [0, 0.1) is 13.8 Å². The molecule has 0 aliphatic carbocycles. The van der Waals surface area contributed by atoms with E-state index in [2.05, 4.69) is 20.8 Å². The summed E-state index contributed by atoms with van der Waals surface area (Å²) in [5.74, 6) is 3.44. The molecule has 2 aromatic rings. The van der Waals surface area contributed by atoms with Crippen molar-refractivity contribution in [3.63, 3.8) is 0 Å². The fourth-order valence-electron chi connectivity index (χ4n) is 3.41. The third kappa shape index (κ3) is 5.99. The summed E-state index contributed by atoms with van der Waals surface area (Å²) >= 11 is 0. The Hall–Kier alpha value is -2.55. The molecule has 194 valence electrons. The zero-order valence-corrected chi connectivity index (χ0v) is 25.0. The van der Waals surface area contributed by atoms with Gasteiger partial charge >= 0.3 is 19.8 Å². The maximum atomic E-state index is 6.44. The number of benzene rings is 2. The number of rotatable bonds is 7. The molecule has 0 saturated heterocycles. The molecular formula is C27H38NO6Os+. The van der Waals surface area contributed by atoms with E-state index in [0.717, 1.165) is 16.7 Å². The molecule has 0 fully saturated rings. The number of hydroxylamine groups is 3. The molecule has 0 spiro atoms. The molecule has 0 atom stereocenters. The normalized spacial score (nSPS) is 12.8. The molecule has 0 aromatic heterocycles. The number of nitrogens with zero attached hydrogens (tertiary/aromatic N) is 1. The van der Waals surface area contributed by atoms with E-state index in [4.69, 9.17) is 28.5 Å². The minimum atomic E-state index is -0.145. The Morgan fingerprint density at radius 1 is 0.857 bits per heavy atom. The van der Waals surface area contributed by atoms with Crippen LogP contribution in [0.15, 0.2) is 30.3 Å². The smallest absolute Gasteiger partial charge is 0.504 e. The molecule has 1 heterocycles. The summed E-state index contributed by atoms with van der Waals surface area (Å²) in [5, 5.41) is 0. The Kier molecular flexibility index (Phi) is 10.4. The summed E-state index contributed by atoms with van der Waals surface area (Å²) in [6.45, 7) is 6.79. The van der Waals surface area contributed by atoms with E-state index >= 15 is 0 Å². The standard InChI is InChI=1S/C26H35NO6.CH3.Os/c1-26(2,3)27(4,5)33-21-15-17(12-13-20(21)28-6)18-11-10-14-32-23-19(18)16-22(29-7)24(30-8)25(23)31-9;;/h10-13,15-16H,14H2,1-9H3;1H3;/q;-1;+2. The zero-order chi connectivity index (χ0) is 24.4. The second-order valence-electron chi connectivity index (χ2n) is 9.13. The molecular weight excluding hydrogens is 625 g/mol. The van der Waals surface area contributed by atoms with Gasteiger partial charge in [-0.15, -0.1) is 4.65 Å². The minimum absolute atomic E-state index is 0. The molecule has 1 aliphatic rings. The van der Waals surface area contributed by atoms with Crippen LogP contribution in [0.1, 0.15) is 31.9 Å². The van der Waals surface area contributed by atoms with Gasteiger partial charge in [-0.1, -0.05) is 11.6 Å². The van der Waals surface area contributed by atoms with E-state index in [1.165, 1.54) is 0 Å². The molecule has 35 heavy (non-hydrogen) atoms. The second-order valence-corrected chi connectivity index (χ2v) is 9.13. The maximum absolute atomic E-state index is 6.44. The van der Waals surface area contributed by atoms with Crippen LogP contribution in [-0.2, 0) is 19.8 Å². The van der Waals surface area contributed by atoms with Crippen molar-refractivity contribution in [2.24, 2.45) is 0 Å². The maximum Gasteiger partial charge on any atom is 2.00 e. The van der Waals surface area contributed by atoms with Gasteiger partial charge in [0.2, 0.25) is 17.2 Å². The minimum Gasteiger partial charge on any atom is -0.504 e. The number of hydrogen-bond donors (Lipinski definition) is 0. The number of ether oxygens (including phenoxy) is 5. The van der Waals surface area contributed by atoms with Gasteiger partial charge in [-0.25, -0.2) is 6.08 Å². The first kappa shape index (κ1) is 30.5. The van der Waals surface area contributed by atoms with Gasteiger partial charge in [0.15, 0.2) is 17.2 Å². The molecule has 7 nitrogen and oxygen atoms in total. The largest absolute Gasteiger partial charge is 2.00 e. The van der Waals surface area contributed by atoms with Crippen molar-refractivity contribution in [2.75, 3.05) is 49.1 Å². The quantitative estimate of drug-likeness (QED) is 0.226. The first-order valence-electron chi connectivity index (χ1n) is 10.8. The van der Waals surface area contributed by atoms with Gasteiger partial charge in [0, 0.05) is 6.61 Å². The Bertz CT molecular complexity index is 1040. The van der Waals surface area contributed by atoms with E-state index in [1.807, 2.05) is 50.9 Å². The Labute approximate surface area is 223 Å². The summed E-state index contributed by atoms with van der Waals surface area (Å²) in [7, 11) is 10.5. The van der Waals surface area contributed by atoms with E-state index in [1.54, 1.807) is 28.4 Å². The summed E-state index contributed by atoms with van der Waals surface area (Å²) in [5.41, 5.74) is 2.57. The Morgan fingerprint density at radius 3 is 2.03 bits per heavy atom. The molecule has 0 saturated carbocycles. The van der Waals surface area contributed by atoms with Gasteiger partial charge in [-0.3, -0.25) is 0 Å². The van der Waals surface area contributed by atoms with Crippen molar-refractivity contribution in [1.82, 2.24) is 0 Å². The van der Waals surface area contributed by atoms with Gasteiger partial charge < -0.3 is 35.9 Å². The fraction of sp³-hybridized carbons (Fsp3) is 0.407. The monoisotopic (exact) mass is 664 g/mol. The van der Waals surface area contributed by atoms with Crippen LogP contribution in [0.5, 0.6) is 34.5 Å². The topological polar surface area (TPSA) is 55.4 Å². The molecule has 0 radical (unpaired) electrons. The van der Waals surface area contributed by atoms with Crippen molar-refractivity contribution in [1.29, 1.82) is 0 Å². The average Bonchev–Trinajstić information content (AvgIpc) is 2.98. The third-order valence-corrected chi connectivity index (χ3v) is 6.10. The van der Waals surface area contributed by atoms with Gasteiger partial charge in [0.25, 0.3) is 0 Å². The van der Waals surface area contributed by atoms with Crippen LogP contribution in [0.25, 0.3) is 5.57 Å². The van der Waals surface area contributed by atoms with Gasteiger partial charge in [0.05, 0.1) is 28.4 Å². The number of methoxy groups -OCH3 is 4. The van der Waals surface area contributed by atoms with Crippen molar-refractivity contribution in [3.05, 3.63) is 55.3 Å². The molecule has 0 amide bonds. The Balaban J connectivity index is 0.00000306. The summed E-state index contributed by atoms with van der Waals surface area (Å²) < 4.78 is 28.7. The zero-order valence-electron chi connectivity index (χ0n) is 22.4. The van der Waals surface area contributed by atoms with Crippen LogP contribution < -0.4 is 28.5 Å². The van der Waals surface area contributed by atoms with Crippen LogP contribution in [0.2, 0.25) is 0 Å². The second kappa shape index (κ2) is 11.9. The predicted octanol–water partition coefficient (Wildman–Crippen LogP) is 5.37. The predicted molar refractivity (Wildman–Crippen MR) is 135 cm³/mol. The molecule has 1 aliphatic heterocycles. The molecule has 0 unspecified atom stereocenters. The van der Waals surface area contributed by atoms with Crippen LogP contribution in [0.3, 0.4) is 0 Å². The van der Waals surface area contributed by atoms with Crippen LogP contribution in [-0.4, -0.2) is 59.3 Å². The Morgan fingerprint density at radius 2 is 1.49 bits per heavy atom. The molecule has 0 N–H and O–H groups in total. The van der Waals surface area contributed by atoms with E-state index < -0.39 is 0 Å². The molecule has 8 heteroatoms.